The largest absolute Gasteiger partial charge is 0.475 e. The summed E-state index contributed by atoms with van der Waals surface area (Å²) in [6, 6.07) is 14.2. The molecule has 2 aromatic carbocycles. The van der Waals surface area contributed by atoms with Crippen LogP contribution in [0, 0.1) is 0 Å². The molecule has 1 heterocycles. The highest BCUT2D eigenvalue weighted by molar-refractivity contribution is 6.31. The van der Waals surface area contributed by atoms with Gasteiger partial charge in [0, 0.05) is 21.2 Å². The summed E-state index contributed by atoms with van der Waals surface area (Å²) in [5.74, 6) is -1.23. The van der Waals surface area contributed by atoms with E-state index in [4.69, 9.17) is 28.3 Å². The maximum Gasteiger partial charge on any atom is 0.371 e. The van der Waals surface area contributed by atoms with Gasteiger partial charge in [0.2, 0.25) is 5.82 Å². The number of halogens is 2. The van der Waals surface area contributed by atoms with Crippen molar-refractivity contribution in [2.45, 2.75) is 0 Å². The van der Waals surface area contributed by atoms with Gasteiger partial charge in [0.05, 0.1) is 11.4 Å². The quantitative estimate of drug-likeness (QED) is 0.727. The fourth-order valence-electron chi connectivity index (χ4n) is 2.12. The van der Waals surface area contributed by atoms with Gasteiger partial charge in [-0.3, -0.25) is 0 Å². The van der Waals surface area contributed by atoms with Crippen LogP contribution in [0.1, 0.15) is 10.6 Å². The number of hydrogen-bond acceptors (Lipinski definition) is 2. The van der Waals surface area contributed by atoms with E-state index in [9.17, 15) is 4.79 Å². The molecule has 3 rings (SSSR count). The smallest absolute Gasteiger partial charge is 0.371 e. The molecule has 0 aliphatic rings. The summed E-state index contributed by atoms with van der Waals surface area (Å²) in [4.78, 5) is 18.2. The van der Waals surface area contributed by atoms with Gasteiger partial charge < -0.3 is 10.1 Å². The van der Waals surface area contributed by atoms with Crippen molar-refractivity contribution in [1.82, 2.24) is 9.97 Å². The third kappa shape index (κ3) is 2.84. The Balaban J connectivity index is 2.17. The van der Waals surface area contributed by atoms with Crippen LogP contribution in [0.4, 0.5) is 0 Å². The Kier molecular flexibility index (Phi) is 3.88. The minimum Gasteiger partial charge on any atom is -0.475 e. The number of aromatic nitrogens is 2. The summed E-state index contributed by atoms with van der Waals surface area (Å²) in [5.41, 5.74) is 2.75. The average Bonchev–Trinajstić information content (AvgIpc) is 2.94. The monoisotopic (exact) mass is 332 g/mol. The van der Waals surface area contributed by atoms with Crippen LogP contribution in [-0.2, 0) is 0 Å². The molecule has 110 valence electrons. The van der Waals surface area contributed by atoms with Crippen LogP contribution >= 0.6 is 23.2 Å². The van der Waals surface area contributed by atoms with Gasteiger partial charge in [0.25, 0.3) is 0 Å². The van der Waals surface area contributed by atoms with E-state index in [1.165, 1.54) is 0 Å². The first-order chi connectivity index (χ1) is 10.5. The third-order valence-corrected chi connectivity index (χ3v) is 3.66. The second-order valence-corrected chi connectivity index (χ2v) is 5.50. The Morgan fingerprint density at radius 2 is 1.41 bits per heavy atom. The number of H-pyrrole nitrogens is 1. The van der Waals surface area contributed by atoms with Crippen molar-refractivity contribution in [2.75, 3.05) is 0 Å². The van der Waals surface area contributed by atoms with Gasteiger partial charge in [-0.15, -0.1) is 0 Å². The molecular formula is C16H10Cl2N2O2. The molecule has 22 heavy (non-hydrogen) atoms. The van der Waals surface area contributed by atoms with E-state index in [-0.39, 0.29) is 5.82 Å². The van der Waals surface area contributed by atoms with Crippen molar-refractivity contribution in [3.63, 3.8) is 0 Å². The summed E-state index contributed by atoms with van der Waals surface area (Å²) < 4.78 is 0. The number of benzene rings is 2. The Morgan fingerprint density at radius 3 is 1.91 bits per heavy atom. The van der Waals surface area contributed by atoms with Gasteiger partial charge in [-0.2, -0.15) is 0 Å². The first kappa shape index (κ1) is 14.6. The fraction of sp³-hybridized carbons (Fsp3) is 0. The molecule has 3 aromatic rings. The van der Waals surface area contributed by atoms with Crippen LogP contribution < -0.4 is 0 Å². The first-order valence-corrected chi connectivity index (χ1v) is 7.15. The fourth-order valence-corrected chi connectivity index (χ4v) is 2.37. The number of carboxylic acids is 1. The lowest BCUT2D eigenvalue weighted by Gasteiger charge is -2.03. The SMILES string of the molecule is O=C(O)c1nc(-c2ccc(Cl)cc2)c(-c2ccc(Cl)cc2)[nH]1. The van der Waals surface area contributed by atoms with E-state index in [1.54, 1.807) is 48.5 Å². The van der Waals surface area contributed by atoms with Crippen molar-refractivity contribution in [2.24, 2.45) is 0 Å². The molecule has 0 fully saturated rings. The predicted molar refractivity (Wildman–Crippen MR) is 86.4 cm³/mol. The lowest BCUT2D eigenvalue weighted by atomic mass is 10.1. The van der Waals surface area contributed by atoms with Crippen LogP contribution in [-0.4, -0.2) is 21.0 Å². The normalized spacial score (nSPS) is 10.6. The van der Waals surface area contributed by atoms with E-state index in [0.29, 0.717) is 21.4 Å². The molecule has 0 atom stereocenters. The summed E-state index contributed by atoms with van der Waals surface area (Å²) >= 11 is 11.8. The highest BCUT2D eigenvalue weighted by Gasteiger charge is 2.17. The van der Waals surface area contributed by atoms with Crippen molar-refractivity contribution >= 4 is 29.2 Å². The maximum absolute atomic E-state index is 11.2. The van der Waals surface area contributed by atoms with Gasteiger partial charge in [-0.1, -0.05) is 47.5 Å². The van der Waals surface area contributed by atoms with E-state index in [0.717, 1.165) is 11.1 Å². The number of hydrogen-bond donors (Lipinski definition) is 2. The van der Waals surface area contributed by atoms with E-state index < -0.39 is 5.97 Å². The lowest BCUT2D eigenvalue weighted by Crippen LogP contribution is -1.98. The number of aromatic carboxylic acids is 1. The van der Waals surface area contributed by atoms with Crippen molar-refractivity contribution in [3.05, 3.63) is 64.4 Å². The first-order valence-electron chi connectivity index (χ1n) is 6.40. The molecule has 0 saturated heterocycles. The molecule has 0 spiro atoms. The molecule has 0 aliphatic carbocycles. The minimum atomic E-state index is -1.12. The molecule has 0 bridgehead atoms. The molecule has 6 heteroatoms. The molecule has 0 amide bonds. The van der Waals surface area contributed by atoms with E-state index >= 15 is 0 Å². The number of imidazole rings is 1. The van der Waals surface area contributed by atoms with Crippen molar-refractivity contribution < 1.29 is 9.90 Å². The maximum atomic E-state index is 11.2. The summed E-state index contributed by atoms with van der Waals surface area (Å²) in [5, 5.41) is 10.4. The molecule has 0 saturated carbocycles. The van der Waals surface area contributed by atoms with Crippen LogP contribution in [0.5, 0.6) is 0 Å². The predicted octanol–water partition coefficient (Wildman–Crippen LogP) is 4.75. The highest BCUT2D eigenvalue weighted by Crippen LogP contribution is 2.31. The zero-order valence-electron chi connectivity index (χ0n) is 11.2. The van der Waals surface area contributed by atoms with Gasteiger partial charge in [0.1, 0.15) is 0 Å². The Labute approximate surface area is 136 Å². The number of carboxylic acid groups (broad SMARTS) is 1. The molecule has 0 unspecified atom stereocenters. The summed E-state index contributed by atoms with van der Waals surface area (Å²) in [7, 11) is 0. The molecule has 4 nitrogen and oxygen atoms in total. The second-order valence-electron chi connectivity index (χ2n) is 4.63. The second kappa shape index (κ2) is 5.83. The zero-order valence-corrected chi connectivity index (χ0v) is 12.7. The van der Waals surface area contributed by atoms with E-state index in [1.807, 2.05) is 0 Å². The number of carbonyl (C=O) groups is 1. The van der Waals surface area contributed by atoms with Crippen LogP contribution in [0.2, 0.25) is 10.0 Å². The van der Waals surface area contributed by atoms with Crippen LogP contribution in [0.15, 0.2) is 48.5 Å². The van der Waals surface area contributed by atoms with Gasteiger partial charge in [-0.05, 0) is 24.3 Å². The molecular weight excluding hydrogens is 323 g/mol. The number of nitrogens with zero attached hydrogens (tertiary/aromatic N) is 1. The zero-order chi connectivity index (χ0) is 15.7. The molecule has 1 aromatic heterocycles. The number of aromatic amines is 1. The lowest BCUT2D eigenvalue weighted by molar-refractivity contribution is 0.0685. The Hall–Kier alpha value is -2.30. The van der Waals surface area contributed by atoms with Crippen molar-refractivity contribution in [3.8, 4) is 22.5 Å². The third-order valence-electron chi connectivity index (χ3n) is 3.16. The Morgan fingerprint density at radius 1 is 0.909 bits per heavy atom. The van der Waals surface area contributed by atoms with Crippen molar-refractivity contribution in [1.29, 1.82) is 0 Å². The van der Waals surface area contributed by atoms with Gasteiger partial charge >= 0.3 is 5.97 Å². The molecule has 2 N–H and O–H groups in total. The minimum absolute atomic E-state index is 0.116. The van der Waals surface area contributed by atoms with Gasteiger partial charge in [-0.25, -0.2) is 9.78 Å². The average molecular weight is 333 g/mol. The van der Waals surface area contributed by atoms with Gasteiger partial charge in [0.15, 0.2) is 0 Å². The highest BCUT2D eigenvalue weighted by atomic mass is 35.5. The number of rotatable bonds is 3. The molecule has 0 aliphatic heterocycles. The summed E-state index contributed by atoms with van der Waals surface area (Å²) in [6.45, 7) is 0. The van der Waals surface area contributed by atoms with E-state index in [2.05, 4.69) is 9.97 Å². The van der Waals surface area contributed by atoms with Crippen LogP contribution in [0.3, 0.4) is 0 Å². The standard InChI is InChI=1S/C16H10Cl2N2O2/c17-11-5-1-9(2-6-11)13-14(20-15(19-13)16(21)22)10-3-7-12(18)8-4-10/h1-8H,(H,19,20)(H,21,22). The Bertz CT molecular complexity index is 761. The number of nitrogens with one attached hydrogen (secondary N) is 1. The molecule has 0 radical (unpaired) electrons. The topological polar surface area (TPSA) is 66.0 Å². The van der Waals surface area contributed by atoms with Crippen LogP contribution in [0.25, 0.3) is 22.5 Å². The summed E-state index contributed by atoms with van der Waals surface area (Å²) in [6.07, 6.45) is 0.